The average Bonchev–Trinajstić information content (AvgIpc) is 3.51. The van der Waals surface area contributed by atoms with Gasteiger partial charge in [0.2, 0.25) is 5.91 Å². The molecule has 1 aliphatic carbocycles. The van der Waals surface area contributed by atoms with Crippen molar-refractivity contribution in [1.29, 1.82) is 5.26 Å². The molecule has 0 atom stereocenters. The highest BCUT2D eigenvalue weighted by atomic mass is 35.5. The molecule has 0 aliphatic heterocycles. The average molecular weight is 549 g/mol. The van der Waals surface area contributed by atoms with E-state index in [0.29, 0.717) is 34.4 Å². The van der Waals surface area contributed by atoms with Crippen LogP contribution in [0.3, 0.4) is 0 Å². The number of carbonyl (C=O) groups excluding carboxylic acids is 2. The molecule has 0 saturated heterocycles. The molecule has 39 heavy (non-hydrogen) atoms. The predicted molar refractivity (Wildman–Crippen MR) is 143 cm³/mol. The number of halogens is 1. The van der Waals surface area contributed by atoms with E-state index in [1.165, 1.54) is 16.9 Å². The third-order valence-electron chi connectivity index (χ3n) is 6.26. The lowest BCUT2D eigenvalue weighted by atomic mass is 9.91. The highest BCUT2D eigenvalue weighted by Gasteiger charge is 2.24. The van der Waals surface area contributed by atoms with E-state index in [0.717, 1.165) is 25.7 Å². The van der Waals surface area contributed by atoms with Crippen molar-refractivity contribution in [2.24, 2.45) is 0 Å². The molecule has 14 heteroatoms. The molecule has 4 heterocycles. The number of aryl methyl sites for hydroxylation is 1. The molecule has 13 nitrogen and oxygen atoms in total. The largest absolute Gasteiger partial charge is 0.366 e. The number of imidazole rings is 1. The Morgan fingerprint density at radius 3 is 2.67 bits per heavy atom. The molecule has 1 saturated carbocycles. The molecule has 1 fully saturated rings. The molecule has 0 spiro atoms. The zero-order chi connectivity index (χ0) is 27.4. The van der Waals surface area contributed by atoms with Gasteiger partial charge in [0.15, 0.2) is 17.2 Å². The van der Waals surface area contributed by atoms with Crippen LogP contribution in [-0.2, 0) is 4.79 Å². The summed E-state index contributed by atoms with van der Waals surface area (Å²) in [5.74, 6) is 0.979. The fraction of sp³-hybridized carbons (Fsp3) is 0.320. The Labute approximate surface area is 227 Å². The third-order valence-corrected chi connectivity index (χ3v) is 6.47. The lowest BCUT2D eigenvalue weighted by molar-refractivity contribution is -0.121. The van der Waals surface area contributed by atoms with E-state index in [-0.39, 0.29) is 35.3 Å². The topological polar surface area (TPSA) is 175 Å². The Balaban J connectivity index is 1.39. The fourth-order valence-corrected chi connectivity index (χ4v) is 4.64. The maximum Gasteiger partial charge on any atom is 0.276 e. The summed E-state index contributed by atoms with van der Waals surface area (Å²) >= 11 is 5.95. The van der Waals surface area contributed by atoms with Gasteiger partial charge >= 0.3 is 0 Å². The van der Waals surface area contributed by atoms with E-state index in [4.69, 9.17) is 21.4 Å². The molecule has 0 radical (unpaired) electrons. The van der Waals surface area contributed by atoms with Crippen molar-refractivity contribution in [1.82, 2.24) is 30.1 Å². The molecule has 4 aromatic heterocycles. The van der Waals surface area contributed by atoms with Crippen molar-refractivity contribution in [3.8, 4) is 6.07 Å². The number of pyridine rings is 1. The predicted octanol–water partition coefficient (Wildman–Crippen LogP) is 3.82. The first kappa shape index (κ1) is 25.9. The van der Waals surface area contributed by atoms with E-state index >= 15 is 0 Å². The van der Waals surface area contributed by atoms with Crippen LogP contribution < -0.4 is 21.3 Å². The number of nitrogens with one attached hydrogen (secondary N) is 4. The number of rotatable bonds is 8. The smallest absolute Gasteiger partial charge is 0.276 e. The number of nitrogens with zero attached hydrogens (tertiary/aromatic N) is 6. The van der Waals surface area contributed by atoms with E-state index in [2.05, 4.69) is 41.5 Å². The van der Waals surface area contributed by atoms with E-state index < -0.39 is 5.91 Å². The van der Waals surface area contributed by atoms with E-state index in [9.17, 15) is 9.59 Å². The van der Waals surface area contributed by atoms with Crippen LogP contribution >= 0.6 is 11.6 Å². The molecule has 0 aromatic carbocycles. The van der Waals surface area contributed by atoms with E-state index in [1.54, 1.807) is 31.2 Å². The number of amides is 2. The van der Waals surface area contributed by atoms with Gasteiger partial charge in [-0.25, -0.2) is 14.5 Å². The lowest BCUT2D eigenvalue weighted by Crippen LogP contribution is -2.40. The van der Waals surface area contributed by atoms with Crippen molar-refractivity contribution >= 4 is 52.1 Å². The quantitative estimate of drug-likeness (QED) is 0.237. The fourth-order valence-electron chi connectivity index (χ4n) is 4.47. The second-order valence-corrected chi connectivity index (χ2v) is 9.57. The molecule has 1 aliphatic rings. The first-order valence-corrected chi connectivity index (χ1v) is 12.7. The van der Waals surface area contributed by atoms with Crippen LogP contribution in [-0.4, -0.2) is 48.6 Å². The number of anilines is 4. The Kier molecular flexibility index (Phi) is 7.55. The van der Waals surface area contributed by atoms with Crippen molar-refractivity contribution < 1.29 is 14.1 Å². The summed E-state index contributed by atoms with van der Waals surface area (Å²) in [4.78, 5) is 33.3. The first-order chi connectivity index (χ1) is 18.9. The van der Waals surface area contributed by atoms with Gasteiger partial charge in [-0.15, -0.1) is 5.10 Å². The summed E-state index contributed by atoms with van der Waals surface area (Å²) < 4.78 is 6.64. The minimum atomic E-state index is -0.425. The first-order valence-electron chi connectivity index (χ1n) is 12.3. The van der Waals surface area contributed by atoms with Crippen LogP contribution in [0, 0.1) is 18.3 Å². The zero-order valence-corrected chi connectivity index (χ0v) is 21.7. The molecule has 5 rings (SSSR count). The number of aromatic nitrogens is 5. The minimum Gasteiger partial charge on any atom is -0.366 e. The van der Waals surface area contributed by atoms with Crippen molar-refractivity contribution in [3.63, 3.8) is 0 Å². The lowest BCUT2D eigenvalue weighted by Gasteiger charge is -2.30. The standard InChI is InChI=1S/C25H25ClN10O3/c1-14-10-22(35-39-14)33-18-12-21(30-15-2-4-16(5-3-15)31-23(37)6-8-27)34-36-19(13-29-24(18)36)25(38)32-17-7-9-28-20(26)11-17/h7,9-13,15-16H,2-6H2,1H3,(H,30,34)(H,31,37)(H,33,35)(H,28,32,38). The summed E-state index contributed by atoms with van der Waals surface area (Å²) in [5, 5.41) is 30.0. The molecule has 4 aromatic rings. The number of hydrogen-bond donors (Lipinski definition) is 4. The third kappa shape index (κ3) is 6.24. The van der Waals surface area contributed by atoms with E-state index in [1.807, 2.05) is 6.07 Å². The van der Waals surface area contributed by atoms with Gasteiger partial charge in [0.05, 0.1) is 18.0 Å². The van der Waals surface area contributed by atoms with Crippen LogP contribution in [0.15, 0.2) is 41.2 Å². The second kappa shape index (κ2) is 11.4. The van der Waals surface area contributed by atoms with Gasteiger partial charge in [0.25, 0.3) is 5.91 Å². The number of carbonyl (C=O) groups is 2. The molecular formula is C25H25ClN10O3. The highest BCUT2D eigenvalue weighted by Crippen LogP contribution is 2.27. The summed E-state index contributed by atoms with van der Waals surface area (Å²) in [5.41, 5.74) is 1.69. The maximum atomic E-state index is 13.1. The van der Waals surface area contributed by atoms with Gasteiger partial charge in [0.1, 0.15) is 23.2 Å². The van der Waals surface area contributed by atoms with Gasteiger partial charge in [-0.2, -0.15) is 5.26 Å². The monoisotopic (exact) mass is 548 g/mol. The second-order valence-electron chi connectivity index (χ2n) is 9.19. The Bertz CT molecular complexity index is 1550. The number of hydrogen-bond acceptors (Lipinski definition) is 10. The maximum absolute atomic E-state index is 13.1. The van der Waals surface area contributed by atoms with Crippen LogP contribution in [0.5, 0.6) is 0 Å². The number of nitriles is 1. The molecule has 200 valence electrons. The molecule has 0 unspecified atom stereocenters. The zero-order valence-electron chi connectivity index (χ0n) is 20.9. The van der Waals surface area contributed by atoms with Crippen LogP contribution in [0.2, 0.25) is 5.15 Å². The van der Waals surface area contributed by atoms with Gasteiger partial charge in [0, 0.05) is 36.1 Å². The van der Waals surface area contributed by atoms with Crippen molar-refractivity contribution in [3.05, 3.63) is 53.3 Å². The van der Waals surface area contributed by atoms with Crippen LogP contribution in [0.4, 0.5) is 23.0 Å². The summed E-state index contributed by atoms with van der Waals surface area (Å²) in [6.45, 7) is 1.79. The summed E-state index contributed by atoms with van der Waals surface area (Å²) in [7, 11) is 0. The van der Waals surface area contributed by atoms with Crippen LogP contribution in [0.25, 0.3) is 5.65 Å². The SMILES string of the molecule is Cc1cc(Nc2cc(NC3CCC(NC(=O)CC#N)CC3)nn3c(C(=O)Nc4ccnc(Cl)c4)cnc23)no1. The van der Waals surface area contributed by atoms with Gasteiger partial charge in [-0.3, -0.25) is 9.59 Å². The molecule has 0 bridgehead atoms. The minimum absolute atomic E-state index is 0.0395. The highest BCUT2D eigenvalue weighted by molar-refractivity contribution is 6.29. The van der Waals surface area contributed by atoms with Crippen molar-refractivity contribution in [2.75, 3.05) is 16.0 Å². The Hall–Kier alpha value is -4.70. The van der Waals surface area contributed by atoms with Crippen LogP contribution in [0.1, 0.15) is 48.4 Å². The summed E-state index contributed by atoms with van der Waals surface area (Å²) in [6.07, 6.45) is 5.93. The Morgan fingerprint density at radius 1 is 1.15 bits per heavy atom. The van der Waals surface area contributed by atoms with Gasteiger partial charge in [-0.05, 0) is 44.7 Å². The normalized spacial score (nSPS) is 16.8. The molecule has 4 N–H and O–H groups in total. The molecule has 2 amide bonds. The number of fused-ring (bicyclic) bond motifs is 1. The van der Waals surface area contributed by atoms with Gasteiger partial charge < -0.3 is 25.8 Å². The molecular weight excluding hydrogens is 524 g/mol. The Morgan fingerprint density at radius 2 is 1.95 bits per heavy atom. The van der Waals surface area contributed by atoms with Gasteiger partial charge in [-0.1, -0.05) is 16.8 Å². The van der Waals surface area contributed by atoms with Crippen molar-refractivity contribution in [2.45, 2.75) is 51.1 Å². The summed E-state index contributed by atoms with van der Waals surface area (Å²) in [6, 6.07) is 8.73.